The minimum absolute atomic E-state index is 0.0169. The molecule has 196 valence electrons. The van der Waals surface area contributed by atoms with Crippen molar-refractivity contribution in [2.24, 2.45) is 0 Å². The molecule has 0 aliphatic heterocycles. The molecule has 0 spiro atoms. The number of rotatable bonds is 8. The number of carbonyl (C=O) groups is 1. The van der Waals surface area contributed by atoms with Gasteiger partial charge in [-0.1, -0.05) is 23.7 Å². The summed E-state index contributed by atoms with van der Waals surface area (Å²) in [6.07, 6.45) is 2.90. The van der Waals surface area contributed by atoms with Crippen LogP contribution in [0.1, 0.15) is 21.5 Å². The topological polar surface area (TPSA) is 134 Å². The second-order valence-corrected chi connectivity index (χ2v) is 12.1. The molecular weight excluding hydrogens is 548 g/mol. The number of aromatic nitrogens is 1. The maximum Gasteiger partial charge on any atom is 0.263 e. The SMILES string of the molecule is Cc1ccc(C)c(NS(=O)(=O)c2cc(C(=O)Nc3ccc(S(=O)(=O)Nc4cccnc4)cc3)ccc2Cl)c1. The van der Waals surface area contributed by atoms with Crippen LogP contribution in [0, 0.1) is 13.8 Å². The van der Waals surface area contributed by atoms with Gasteiger partial charge in [-0.3, -0.25) is 19.2 Å². The molecule has 4 rings (SSSR count). The molecule has 1 amide bonds. The summed E-state index contributed by atoms with van der Waals surface area (Å²) in [4.78, 5) is 16.5. The Morgan fingerprint density at radius 2 is 1.55 bits per heavy atom. The Kier molecular flexibility index (Phi) is 7.72. The summed E-state index contributed by atoms with van der Waals surface area (Å²) in [5, 5.41) is 2.58. The number of amides is 1. The molecule has 0 bridgehead atoms. The number of sulfonamides is 2. The number of hydrogen-bond donors (Lipinski definition) is 3. The van der Waals surface area contributed by atoms with E-state index in [1.807, 2.05) is 13.0 Å². The monoisotopic (exact) mass is 570 g/mol. The second kappa shape index (κ2) is 10.8. The molecule has 0 saturated carbocycles. The van der Waals surface area contributed by atoms with E-state index in [2.05, 4.69) is 19.7 Å². The fourth-order valence-corrected chi connectivity index (χ4v) is 6.15. The fourth-order valence-electron chi connectivity index (χ4n) is 3.45. The van der Waals surface area contributed by atoms with E-state index in [9.17, 15) is 21.6 Å². The van der Waals surface area contributed by atoms with Crippen LogP contribution in [0.25, 0.3) is 0 Å². The van der Waals surface area contributed by atoms with Crippen LogP contribution in [0.4, 0.5) is 17.1 Å². The Hall–Kier alpha value is -3.93. The van der Waals surface area contributed by atoms with E-state index in [-0.39, 0.29) is 20.4 Å². The highest BCUT2D eigenvalue weighted by Crippen LogP contribution is 2.27. The first-order valence-corrected chi connectivity index (χ1v) is 14.5. The number of pyridine rings is 1. The largest absolute Gasteiger partial charge is 0.322 e. The Morgan fingerprint density at radius 1 is 0.816 bits per heavy atom. The zero-order valence-electron chi connectivity index (χ0n) is 20.3. The van der Waals surface area contributed by atoms with E-state index in [0.717, 1.165) is 11.1 Å². The zero-order chi connectivity index (χ0) is 27.5. The molecule has 3 aromatic carbocycles. The highest BCUT2D eigenvalue weighted by molar-refractivity contribution is 7.93. The Balaban J connectivity index is 1.51. The summed E-state index contributed by atoms with van der Waals surface area (Å²) >= 11 is 6.18. The van der Waals surface area contributed by atoms with Crippen LogP contribution in [0.3, 0.4) is 0 Å². The quantitative estimate of drug-likeness (QED) is 0.266. The lowest BCUT2D eigenvalue weighted by molar-refractivity contribution is 0.102. The van der Waals surface area contributed by atoms with Crippen molar-refractivity contribution in [3.8, 4) is 0 Å². The average molecular weight is 571 g/mol. The van der Waals surface area contributed by atoms with Crippen LogP contribution in [0.2, 0.25) is 5.02 Å². The Morgan fingerprint density at radius 3 is 2.24 bits per heavy atom. The van der Waals surface area contributed by atoms with Crippen molar-refractivity contribution in [3.63, 3.8) is 0 Å². The number of nitrogens with zero attached hydrogens (tertiary/aromatic N) is 1. The van der Waals surface area contributed by atoms with Crippen molar-refractivity contribution in [1.82, 2.24) is 4.98 Å². The first-order valence-electron chi connectivity index (χ1n) is 11.2. The van der Waals surface area contributed by atoms with Crippen molar-refractivity contribution in [2.75, 3.05) is 14.8 Å². The molecule has 1 aromatic heterocycles. The third-order valence-corrected chi connectivity index (χ3v) is 8.70. The first-order chi connectivity index (χ1) is 17.9. The van der Waals surface area contributed by atoms with Gasteiger partial charge in [0.05, 0.1) is 27.5 Å². The van der Waals surface area contributed by atoms with Gasteiger partial charge >= 0.3 is 0 Å². The lowest BCUT2D eigenvalue weighted by Gasteiger charge is -2.14. The van der Waals surface area contributed by atoms with Gasteiger partial charge in [0.2, 0.25) is 0 Å². The van der Waals surface area contributed by atoms with E-state index in [1.54, 1.807) is 31.2 Å². The van der Waals surface area contributed by atoms with Gasteiger partial charge in [-0.15, -0.1) is 0 Å². The van der Waals surface area contributed by atoms with E-state index in [4.69, 9.17) is 11.6 Å². The molecule has 0 saturated heterocycles. The molecule has 0 fully saturated rings. The van der Waals surface area contributed by atoms with Gasteiger partial charge in [-0.25, -0.2) is 16.8 Å². The summed E-state index contributed by atoms with van der Waals surface area (Å²) < 4.78 is 56.3. The predicted molar refractivity (Wildman–Crippen MR) is 148 cm³/mol. The minimum atomic E-state index is -4.10. The summed E-state index contributed by atoms with van der Waals surface area (Å²) in [6, 6.07) is 17.9. The smallest absolute Gasteiger partial charge is 0.263 e. The van der Waals surface area contributed by atoms with Gasteiger partial charge in [0.1, 0.15) is 4.90 Å². The number of carbonyl (C=O) groups excluding carboxylic acids is 1. The van der Waals surface area contributed by atoms with E-state index in [1.165, 1.54) is 54.9 Å². The number of halogens is 1. The average Bonchev–Trinajstić information content (AvgIpc) is 2.87. The highest BCUT2D eigenvalue weighted by atomic mass is 35.5. The number of nitrogens with one attached hydrogen (secondary N) is 3. The zero-order valence-corrected chi connectivity index (χ0v) is 22.7. The normalized spacial score (nSPS) is 11.6. The molecule has 0 radical (unpaired) electrons. The van der Waals surface area contributed by atoms with Crippen molar-refractivity contribution < 1.29 is 21.6 Å². The highest BCUT2D eigenvalue weighted by Gasteiger charge is 2.22. The third-order valence-electron chi connectivity index (χ3n) is 5.46. The Bertz CT molecular complexity index is 1710. The summed E-state index contributed by atoms with van der Waals surface area (Å²) in [6.45, 7) is 3.61. The fraction of sp³-hybridized carbons (Fsp3) is 0.0769. The number of hydrogen-bond acceptors (Lipinski definition) is 6. The van der Waals surface area contributed by atoms with E-state index in [0.29, 0.717) is 17.1 Å². The molecule has 3 N–H and O–H groups in total. The molecule has 0 aliphatic carbocycles. The number of benzene rings is 3. The Labute approximate surface area is 226 Å². The summed E-state index contributed by atoms with van der Waals surface area (Å²) in [7, 11) is -7.96. The van der Waals surface area contributed by atoms with Crippen LogP contribution in [0.15, 0.2) is 95.0 Å². The maximum absolute atomic E-state index is 13.1. The van der Waals surface area contributed by atoms with Gasteiger partial charge in [0, 0.05) is 17.4 Å². The van der Waals surface area contributed by atoms with Crippen LogP contribution in [-0.2, 0) is 20.0 Å². The van der Waals surface area contributed by atoms with Gasteiger partial charge in [0.25, 0.3) is 26.0 Å². The van der Waals surface area contributed by atoms with Gasteiger partial charge in [0.15, 0.2) is 0 Å². The molecular formula is C26H23ClN4O5S2. The summed E-state index contributed by atoms with van der Waals surface area (Å²) in [5.74, 6) is -0.603. The van der Waals surface area contributed by atoms with Crippen LogP contribution in [0.5, 0.6) is 0 Å². The van der Waals surface area contributed by atoms with E-state index < -0.39 is 26.0 Å². The molecule has 9 nitrogen and oxygen atoms in total. The van der Waals surface area contributed by atoms with Crippen molar-refractivity contribution in [1.29, 1.82) is 0 Å². The third kappa shape index (κ3) is 6.31. The molecule has 38 heavy (non-hydrogen) atoms. The van der Waals surface area contributed by atoms with Crippen molar-refractivity contribution in [2.45, 2.75) is 23.6 Å². The van der Waals surface area contributed by atoms with Gasteiger partial charge in [-0.2, -0.15) is 0 Å². The van der Waals surface area contributed by atoms with Crippen molar-refractivity contribution in [3.05, 3.63) is 107 Å². The van der Waals surface area contributed by atoms with Gasteiger partial charge in [-0.05, 0) is 85.6 Å². The minimum Gasteiger partial charge on any atom is -0.322 e. The predicted octanol–water partition coefficient (Wildman–Crippen LogP) is 5.21. The lowest BCUT2D eigenvalue weighted by atomic mass is 10.1. The molecule has 1 heterocycles. The van der Waals surface area contributed by atoms with E-state index >= 15 is 0 Å². The molecule has 0 unspecified atom stereocenters. The first kappa shape index (κ1) is 27.1. The molecule has 0 aliphatic rings. The summed E-state index contributed by atoms with van der Waals surface area (Å²) in [5.41, 5.74) is 2.67. The molecule has 0 atom stereocenters. The molecule has 4 aromatic rings. The second-order valence-electron chi connectivity index (χ2n) is 8.39. The molecule has 12 heteroatoms. The lowest BCUT2D eigenvalue weighted by Crippen LogP contribution is -2.17. The number of aryl methyl sites for hydroxylation is 2. The van der Waals surface area contributed by atoms with Crippen molar-refractivity contribution >= 4 is 54.6 Å². The maximum atomic E-state index is 13.1. The standard InChI is InChI=1S/C26H23ClN4O5S2/c1-17-5-6-18(2)24(14-17)31-38(35,36)25-15-19(7-12-23(25)27)26(32)29-20-8-10-22(11-9-20)37(33,34)30-21-4-3-13-28-16-21/h3-16,30-31H,1-2H3,(H,29,32). The van der Waals surface area contributed by atoms with Gasteiger partial charge < -0.3 is 5.32 Å². The van der Waals surface area contributed by atoms with Crippen LogP contribution >= 0.6 is 11.6 Å². The number of anilines is 3. The van der Waals surface area contributed by atoms with Crippen LogP contribution in [-0.4, -0.2) is 27.7 Å². The van der Waals surface area contributed by atoms with Crippen LogP contribution < -0.4 is 14.8 Å².